The molecule has 0 aliphatic rings. The maximum Gasteiger partial charge on any atom is 0.229 e. The minimum Gasteiger partial charge on any atom is -0.484 e. The summed E-state index contributed by atoms with van der Waals surface area (Å²) in [4.78, 5) is 4.24. The summed E-state index contributed by atoms with van der Waals surface area (Å²) in [5.41, 5.74) is 6.60. The van der Waals surface area contributed by atoms with Crippen LogP contribution in [0.4, 0.5) is 0 Å². The number of hydrogen-bond acceptors (Lipinski definition) is 5. The van der Waals surface area contributed by atoms with Gasteiger partial charge >= 0.3 is 0 Å². The topological polar surface area (TPSA) is 74.2 Å². The van der Waals surface area contributed by atoms with Gasteiger partial charge in [-0.2, -0.15) is 4.98 Å². The third-order valence-electron chi connectivity index (χ3n) is 2.76. The molecule has 1 aromatic heterocycles. The summed E-state index contributed by atoms with van der Waals surface area (Å²) >= 11 is 6.16. The van der Waals surface area contributed by atoms with Crippen molar-refractivity contribution in [2.45, 2.75) is 32.8 Å². The van der Waals surface area contributed by atoms with E-state index in [1.165, 1.54) is 0 Å². The summed E-state index contributed by atoms with van der Waals surface area (Å²) in [6.45, 7) is 4.81. The van der Waals surface area contributed by atoms with E-state index in [0.717, 1.165) is 12.0 Å². The fourth-order valence-corrected chi connectivity index (χ4v) is 1.94. The van der Waals surface area contributed by atoms with Gasteiger partial charge in [0, 0.05) is 5.92 Å². The summed E-state index contributed by atoms with van der Waals surface area (Å²) in [5.74, 6) is 1.92. The number of hydrogen-bond donors (Lipinski definition) is 1. The Kier molecular flexibility index (Phi) is 4.98. The zero-order chi connectivity index (χ0) is 14.5. The normalized spacial score (nSPS) is 11.1. The maximum absolute atomic E-state index is 6.16. The molecule has 0 saturated heterocycles. The lowest BCUT2D eigenvalue weighted by molar-refractivity contribution is 0.284. The second-order valence-electron chi connectivity index (χ2n) is 4.80. The molecule has 0 radical (unpaired) electrons. The molecule has 0 spiro atoms. The molecule has 20 heavy (non-hydrogen) atoms. The third kappa shape index (κ3) is 3.71. The molecule has 0 aliphatic carbocycles. The van der Waals surface area contributed by atoms with Gasteiger partial charge in [-0.15, -0.1) is 0 Å². The van der Waals surface area contributed by atoms with Crippen LogP contribution in [0.2, 0.25) is 5.02 Å². The molecule has 2 rings (SSSR count). The smallest absolute Gasteiger partial charge is 0.229 e. The predicted molar refractivity (Wildman–Crippen MR) is 76.9 cm³/mol. The van der Waals surface area contributed by atoms with Crippen LogP contribution in [0, 0.1) is 0 Å². The lowest BCUT2D eigenvalue weighted by Crippen LogP contribution is -2.03. The van der Waals surface area contributed by atoms with Crippen LogP contribution in [0.15, 0.2) is 22.7 Å². The average molecular weight is 296 g/mol. The Balaban J connectivity index is 1.99. The second-order valence-corrected chi connectivity index (χ2v) is 5.20. The van der Waals surface area contributed by atoms with Crippen LogP contribution >= 0.6 is 11.6 Å². The first-order valence-electron chi connectivity index (χ1n) is 6.54. The second kappa shape index (κ2) is 6.72. The van der Waals surface area contributed by atoms with Gasteiger partial charge in [0.15, 0.2) is 6.61 Å². The third-order valence-corrected chi connectivity index (χ3v) is 3.06. The molecule has 1 heterocycles. The van der Waals surface area contributed by atoms with Crippen molar-refractivity contribution in [3.05, 3.63) is 40.5 Å². The summed E-state index contributed by atoms with van der Waals surface area (Å²) in [5, 5.41) is 4.42. The largest absolute Gasteiger partial charge is 0.484 e. The number of rotatable bonds is 6. The molecule has 0 bridgehead atoms. The highest BCUT2D eigenvalue weighted by Gasteiger charge is 2.11. The van der Waals surface area contributed by atoms with Crippen LogP contribution in [0.1, 0.15) is 37.0 Å². The van der Waals surface area contributed by atoms with Crippen molar-refractivity contribution < 1.29 is 9.26 Å². The molecule has 1 aromatic carbocycles. The Labute approximate surface area is 123 Å². The monoisotopic (exact) mass is 295 g/mol. The van der Waals surface area contributed by atoms with Gasteiger partial charge in [0.05, 0.1) is 5.02 Å². The van der Waals surface area contributed by atoms with Crippen molar-refractivity contribution in [2.24, 2.45) is 5.73 Å². The van der Waals surface area contributed by atoms with E-state index < -0.39 is 0 Å². The van der Waals surface area contributed by atoms with Crippen LogP contribution < -0.4 is 10.5 Å². The fraction of sp³-hybridized carbons (Fsp3) is 0.429. The van der Waals surface area contributed by atoms with E-state index in [2.05, 4.69) is 10.1 Å². The molecule has 108 valence electrons. The molecule has 2 N–H and O–H groups in total. The minimum atomic E-state index is 0.204. The Morgan fingerprint density at radius 2 is 2.20 bits per heavy atom. The lowest BCUT2D eigenvalue weighted by Gasteiger charge is -2.07. The van der Waals surface area contributed by atoms with Crippen molar-refractivity contribution in [1.82, 2.24) is 10.1 Å². The summed E-state index contributed by atoms with van der Waals surface area (Å²) in [7, 11) is 0. The molecular formula is C14H18ClN3O2. The highest BCUT2D eigenvalue weighted by Crippen LogP contribution is 2.26. The van der Waals surface area contributed by atoms with Crippen LogP contribution in [0.5, 0.6) is 5.75 Å². The zero-order valence-corrected chi connectivity index (χ0v) is 12.4. The first-order chi connectivity index (χ1) is 9.60. The van der Waals surface area contributed by atoms with Gasteiger partial charge in [0.25, 0.3) is 0 Å². The highest BCUT2D eigenvalue weighted by atomic mass is 35.5. The first-order valence-corrected chi connectivity index (χ1v) is 6.91. The Hall–Kier alpha value is -1.59. The molecule has 0 aliphatic heterocycles. The zero-order valence-electron chi connectivity index (χ0n) is 11.6. The summed E-state index contributed by atoms with van der Waals surface area (Å²) in [6, 6.07) is 5.64. The van der Waals surface area contributed by atoms with E-state index in [1.54, 1.807) is 0 Å². The number of benzene rings is 1. The SMILES string of the molecule is CC(C)c1nc(COc2ccc(CCN)cc2Cl)no1. The van der Waals surface area contributed by atoms with Gasteiger partial charge in [0.1, 0.15) is 5.75 Å². The van der Waals surface area contributed by atoms with Gasteiger partial charge in [-0.3, -0.25) is 0 Å². The van der Waals surface area contributed by atoms with Crippen LogP contribution in [-0.2, 0) is 13.0 Å². The maximum atomic E-state index is 6.16. The Morgan fingerprint density at radius 3 is 2.80 bits per heavy atom. The Morgan fingerprint density at radius 1 is 1.40 bits per heavy atom. The van der Waals surface area contributed by atoms with E-state index >= 15 is 0 Å². The van der Waals surface area contributed by atoms with E-state index in [1.807, 2.05) is 32.0 Å². The van der Waals surface area contributed by atoms with Crippen LogP contribution in [-0.4, -0.2) is 16.7 Å². The number of nitrogens with zero attached hydrogens (tertiary/aromatic N) is 2. The number of halogens is 1. The van der Waals surface area contributed by atoms with Crippen molar-refractivity contribution in [3.63, 3.8) is 0 Å². The van der Waals surface area contributed by atoms with E-state index in [0.29, 0.717) is 29.0 Å². The molecule has 2 aromatic rings. The van der Waals surface area contributed by atoms with Crippen LogP contribution in [0.25, 0.3) is 0 Å². The van der Waals surface area contributed by atoms with E-state index in [-0.39, 0.29) is 12.5 Å². The average Bonchev–Trinajstić information content (AvgIpc) is 2.87. The van der Waals surface area contributed by atoms with E-state index in [9.17, 15) is 0 Å². The molecule has 6 heteroatoms. The molecule has 0 fully saturated rings. The number of ether oxygens (including phenoxy) is 1. The van der Waals surface area contributed by atoms with Gasteiger partial charge in [0.2, 0.25) is 11.7 Å². The predicted octanol–water partition coefficient (Wildman–Crippen LogP) is 2.93. The van der Waals surface area contributed by atoms with Crippen molar-refractivity contribution in [2.75, 3.05) is 6.54 Å². The molecular weight excluding hydrogens is 278 g/mol. The molecule has 0 atom stereocenters. The van der Waals surface area contributed by atoms with Gasteiger partial charge in [-0.05, 0) is 30.7 Å². The highest BCUT2D eigenvalue weighted by molar-refractivity contribution is 6.32. The van der Waals surface area contributed by atoms with E-state index in [4.69, 9.17) is 26.6 Å². The summed E-state index contributed by atoms with van der Waals surface area (Å²) in [6.07, 6.45) is 0.794. The van der Waals surface area contributed by atoms with Gasteiger partial charge in [-0.25, -0.2) is 0 Å². The van der Waals surface area contributed by atoms with Gasteiger partial charge in [-0.1, -0.05) is 36.7 Å². The number of aromatic nitrogens is 2. The molecule has 5 nitrogen and oxygen atoms in total. The first kappa shape index (κ1) is 14.8. The quantitative estimate of drug-likeness (QED) is 0.887. The van der Waals surface area contributed by atoms with Crippen LogP contribution in [0.3, 0.4) is 0 Å². The summed E-state index contributed by atoms with van der Waals surface area (Å²) < 4.78 is 10.7. The standard InChI is InChI=1S/C14H18ClN3O2/c1-9(2)14-17-13(18-20-14)8-19-12-4-3-10(5-6-16)7-11(12)15/h3-4,7,9H,5-6,8,16H2,1-2H3. The fourth-order valence-electron chi connectivity index (χ4n) is 1.69. The lowest BCUT2D eigenvalue weighted by atomic mass is 10.1. The molecule has 0 unspecified atom stereocenters. The molecule has 0 amide bonds. The van der Waals surface area contributed by atoms with Crippen molar-refractivity contribution >= 4 is 11.6 Å². The van der Waals surface area contributed by atoms with Gasteiger partial charge < -0.3 is 15.0 Å². The molecule has 0 saturated carbocycles. The minimum absolute atomic E-state index is 0.204. The van der Waals surface area contributed by atoms with Crippen molar-refractivity contribution in [3.8, 4) is 5.75 Å². The van der Waals surface area contributed by atoms with Crippen molar-refractivity contribution in [1.29, 1.82) is 0 Å². The number of nitrogens with two attached hydrogens (primary N) is 1. The Bertz CT molecular complexity index is 569.